The highest BCUT2D eigenvalue weighted by atomic mass is 32.2. The molecule has 266 valence electrons. The summed E-state index contributed by atoms with van der Waals surface area (Å²) in [4.78, 5) is 28.9. The first-order valence-corrected chi connectivity index (χ1v) is 18.6. The maximum atomic E-state index is 14.4. The lowest BCUT2D eigenvalue weighted by Crippen LogP contribution is -2.48. The number of aliphatic hydroxyl groups excluding tert-OH is 1. The smallest absolute Gasteiger partial charge is 0.323 e. The van der Waals surface area contributed by atoms with E-state index in [1.165, 1.54) is 11.4 Å². The topological polar surface area (TPSA) is 156 Å². The zero-order chi connectivity index (χ0) is 35.1. The van der Waals surface area contributed by atoms with Gasteiger partial charge in [-0.05, 0) is 74.9 Å². The molecule has 0 radical (unpaired) electrons. The van der Waals surface area contributed by atoms with Gasteiger partial charge in [0.15, 0.2) is 11.5 Å². The van der Waals surface area contributed by atoms with Crippen LogP contribution in [-0.4, -0.2) is 93.1 Å². The van der Waals surface area contributed by atoms with Crippen molar-refractivity contribution in [3.63, 3.8) is 0 Å². The molecule has 1 aromatic heterocycles. The molecule has 0 aliphatic carbocycles. The molecule has 0 spiro atoms. The molecule has 2 aliphatic rings. The van der Waals surface area contributed by atoms with Crippen LogP contribution >= 0.6 is 11.3 Å². The van der Waals surface area contributed by atoms with Crippen LogP contribution in [0.25, 0.3) is 0 Å². The number of hydrogen-bond donors (Lipinski definition) is 3. The number of nitrogens with zero attached hydrogens (tertiary/aromatic N) is 2. The Kier molecular flexibility index (Phi) is 12.0. The average molecular weight is 717 g/mol. The highest BCUT2D eigenvalue weighted by Gasteiger charge is 2.32. The minimum atomic E-state index is -3.73. The number of rotatable bonds is 8. The summed E-state index contributed by atoms with van der Waals surface area (Å²) in [6.45, 7) is 6.04. The molecule has 0 fully saturated rings. The van der Waals surface area contributed by atoms with Crippen molar-refractivity contribution in [1.82, 2.24) is 9.21 Å². The van der Waals surface area contributed by atoms with Gasteiger partial charge in [-0.1, -0.05) is 13.0 Å². The second-order valence-electron chi connectivity index (χ2n) is 12.4. The number of amides is 3. The van der Waals surface area contributed by atoms with Crippen LogP contribution in [0.5, 0.6) is 17.2 Å². The van der Waals surface area contributed by atoms with Crippen LogP contribution < -0.4 is 24.8 Å². The summed E-state index contributed by atoms with van der Waals surface area (Å²) in [5, 5.41) is 17.5. The Morgan fingerprint density at radius 2 is 1.78 bits per heavy atom. The number of anilines is 2. The first-order chi connectivity index (χ1) is 23.5. The van der Waals surface area contributed by atoms with Crippen LogP contribution in [0.4, 0.5) is 16.2 Å². The predicted octanol–water partition coefficient (Wildman–Crippen LogP) is 5.24. The number of urea groups is 1. The van der Waals surface area contributed by atoms with E-state index in [9.17, 15) is 23.1 Å². The molecule has 2 aromatic carbocycles. The molecule has 13 nitrogen and oxygen atoms in total. The van der Waals surface area contributed by atoms with Crippen LogP contribution in [0.2, 0.25) is 0 Å². The normalized spacial score (nSPS) is 21.0. The van der Waals surface area contributed by atoms with E-state index in [2.05, 4.69) is 10.6 Å². The Morgan fingerprint density at radius 1 is 1.06 bits per heavy atom. The lowest BCUT2D eigenvalue weighted by molar-refractivity contribution is -0.00832. The fourth-order valence-electron chi connectivity index (χ4n) is 5.65. The monoisotopic (exact) mass is 716 g/mol. The summed E-state index contributed by atoms with van der Waals surface area (Å²) in [6, 6.07) is 12.1. The number of ether oxygens (including phenoxy) is 4. The number of hydrogen-bond acceptors (Lipinski definition) is 10. The molecule has 15 heteroatoms. The van der Waals surface area contributed by atoms with Crippen molar-refractivity contribution in [3.05, 3.63) is 59.5 Å². The van der Waals surface area contributed by atoms with E-state index < -0.39 is 34.1 Å². The first kappa shape index (κ1) is 36.4. The standard InChI is InChI=1S/C34H44N4O9S2/c1-22-18-38(23(2)20-39)33(40)27-16-25(35-34(41)36-26-11-13-29-30(17-26)46-21-45-29)10-12-28(27)47-24(3)8-5-6-14-44-31(22)19-37(4)49(42,43)32-9-7-15-48-32/h7,9-13,15-17,22-24,31,39H,5-6,8,14,18-21H2,1-4H3,(H2,35,36,41)/t22-,23-,24-,31-/m0/s1. The van der Waals surface area contributed by atoms with Gasteiger partial charge in [-0.2, -0.15) is 4.31 Å². The summed E-state index contributed by atoms with van der Waals surface area (Å²) in [5.74, 6) is 0.740. The maximum absolute atomic E-state index is 14.4. The Morgan fingerprint density at radius 3 is 2.49 bits per heavy atom. The molecular formula is C34H44N4O9S2. The van der Waals surface area contributed by atoms with E-state index in [1.54, 1.807) is 65.7 Å². The molecule has 3 aromatic rings. The van der Waals surface area contributed by atoms with Gasteiger partial charge in [-0.3, -0.25) is 4.79 Å². The number of carbonyl (C=O) groups is 2. The molecule has 0 saturated carbocycles. The van der Waals surface area contributed by atoms with Gasteiger partial charge in [0, 0.05) is 50.1 Å². The number of aliphatic hydroxyl groups is 1. The van der Waals surface area contributed by atoms with Crippen molar-refractivity contribution in [2.75, 3.05) is 50.8 Å². The van der Waals surface area contributed by atoms with Gasteiger partial charge in [0.05, 0.1) is 30.4 Å². The van der Waals surface area contributed by atoms with E-state index in [0.29, 0.717) is 41.7 Å². The van der Waals surface area contributed by atoms with Crippen molar-refractivity contribution in [1.29, 1.82) is 0 Å². The van der Waals surface area contributed by atoms with Gasteiger partial charge in [-0.25, -0.2) is 13.2 Å². The number of carbonyl (C=O) groups excluding carboxylic acids is 2. The number of fused-ring (bicyclic) bond motifs is 2. The van der Waals surface area contributed by atoms with Crippen molar-refractivity contribution in [3.8, 4) is 17.2 Å². The highest BCUT2D eigenvalue weighted by molar-refractivity contribution is 7.91. The number of nitrogens with one attached hydrogen (secondary N) is 2. The Hall–Kier alpha value is -3.89. The largest absolute Gasteiger partial charge is 0.490 e. The van der Waals surface area contributed by atoms with Gasteiger partial charge < -0.3 is 39.6 Å². The molecule has 5 rings (SSSR count). The second kappa shape index (κ2) is 16.2. The minimum absolute atomic E-state index is 0.0829. The quantitative estimate of drug-likeness (QED) is 0.284. The lowest BCUT2D eigenvalue weighted by atomic mass is 10.0. The molecule has 0 saturated heterocycles. The molecule has 49 heavy (non-hydrogen) atoms. The molecule has 2 aliphatic heterocycles. The Labute approximate surface area is 291 Å². The lowest BCUT2D eigenvalue weighted by Gasteiger charge is -2.35. The SMILES string of the molecule is C[C@H]1CCCCO[C@@H](CN(C)S(=O)(=O)c2cccs2)[C@@H](C)CN([C@@H](C)CO)C(=O)c2cc(NC(=O)Nc3ccc4c(c3)OCO4)ccc2O1. The first-order valence-electron chi connectivity index (χ1n) is 16.3. The number of sulfonamides is 1. The van der Waals surface area contributed by atoms with E-state index >= 15 is 0 Å². The summed E-state index contributed by atoms with van der Waals surface area (Å²) in [5.41, 5.74) is 1.07. The van der Waals surface area contributed by atoms with E-state index in [1.807, 2.05) is 13.8 Å². The zero-order valence-electron chi connectivity index (χ0n) is 28.1. The average Bonchev–Trinajstić information content (AvgIpc) is 3.79. The fourth-order valence-corrected chi connectivity index (χ4v) is 8.03. The molecule has 4 atom stereocenters. The molecule has 3 heterocycles. The molecular weight excluding hydrogens is 673 g/mol. The van der Waals surface area contributed by atoms with Crippen molar-refractivity contribution >= 4 is 44.7 Å². The summed E-state index contributed by atoms with van der Waals surface area (Å²) in [6.07, 6.45) is 1.45. The third-order valence-electron chi connectivity index (χ3n) is 8.54. The number of benzene rings is 2. The highest BCUT2D eigenvalue weighted by Crippen LogP contribution is 2.34. The number of thiophene rings is 1. The fraction of sp³-hybridized carbons (Fsp3) is 0.471. The Balaban J connectivity index is 1.39. The van der Waals surface area contributed by atoms with Crippen molar-refractivity contribution in [2.24, 2.45) is 5.92 Å². The minimum Gasteiger partial charge on any atom is -0.490 e. The van der Waals surface area contributed by atoms with Crippen LogP contribution in [-0.2, 0) is 14.8 Å². The summed E-state index contributed by atoms with van der Waals surface area (Å²) < 4.78 is 51.4. The number of likely N-dealkylation sites (N-methyl/N-ethyl adjacent to an activating group) is 1. The van der Waals surface area contributed by atoms with Gasteiger partial charge in [0.1, 0.15) is 9.96 Å². The van der Waals surface area contributed by atoms with E-state index in [-0.39, 0.29) is 48.3 Å². The van der Waals surface area contributed by atoms with Crippen LogP contribution in [0.3, 0.4) is 0 Å². The van der Waals surface area contributed by atoms with Gasteiger partial charge in [-0.15, -0.1) is 11.3 Å². The predicted molar refractivity (Wildman–Crippen MR) is 186 cm³/mol. The third kappa shape index (κ3) is 9.02. The zero-order valence-corrected chi connectivity index (χ0v) is 29.7. The van der Waals surface area contributed by atoms with Crippen molar-refractivity contribution < 1.29 is 42.1 Å². The van der Waals surface area contributed by atoms with Crippen LogP contribution in [0.15, 0.2) is 58.1 Å². The Bertz CT molecular complexity index is 1700. The van der Waals surface area contributed by atoms with Gasteiger partial charge >= 0.3 is 6.03 Å². The van der Waals surface area contributed by atoms with Crippen LogP contribution in [0.1, 0.15) is 50.4 Å². The van der Waals surface area contributed by atoms with E-state index in [0.717, 1.165) is 24.2 Å². The molecule has 3 amide bonds. The van der Waals surface area contributed by atoms with Gasteiger partial charge in [0.2, 0.25) is 6.79 Å². The van der Waals surface area contributed by atoms with Crippen molar-refractivity contribution in [2.45, 2.75) is 62.5 Å². The summed E-state index contributed by atoms with van der Waals surface area (Å²) in [7, 11) is -2.20. The maximum Gasteiger partial charge on any atom is 0.323 e. The summed E-state index contributed by atoms with van der Waals surface area (Å²) >= 11 is 1.15. The molecule has 0 unspecified atom stereocenters. The van der Waals surface area contributed by atoms with E-state index in [4.69, 9.17) is 18.9 Å². The van der Waals surface area contributed by atoms with Crippen LogP contribution in [0, 0.1) is 5.92 Å². The third-order valence-corrected chi connectivity index (χ3v) is 11.7. The molecule has 0 bridgehead atoms. The van der Waals surface area contributed by atoms with Gasteiger partial charge in [0.25, 0.3) is 15.9 Å². The second-order valence-corrected chi connectivity index (χ2v) is 15.6. The molecule has 3 N–H and O–H groups in total.